The minimum absolute atomic E-state index is 0.0193. The van der Waals surface area contributed by atoms with Crippen LogP contribution in [0.15, 0.2) is 18.3 Å². The van der Waals surface area contributed by atoms with Crippen LogP contribution in [-0.2, 0) is 4.79 Å². The number of amides is 1. The van der Waals surface area contributed by atoms with Crippen molar-refractivity contribution in [3.05, 3.63) is 33.4 Å². The number of aliphatic hydroxyl groups excluding tert-OH is 1. The third-order valence-corrected chi connectivity index (χ3v) is 8.25. The number of fused-ring (bicyclic) bond motifs is 1. The molecule has 0 unspecified atom stereocenters. The Kier molecular flexibility index (Phi) is 6.93. The van der Waals surface area contributed by atoms with Crippen molar-refractivity contribution in [1.29, 1.82) is 0 Å². The molecule has 2 atom stereocenters. The zero-order chi connectivity index (χ0) is 25.6. The molecule has 2 aliphatic carbocycles. The molecule has 36 heavy (non-hydrogen) atoms. The number of halogens is 3. The number of rotatable bonds is 6. The van der Waals surface area contributed by atoms with E-state index in [9.17, 15) is 9.90 Å². The summed E-state index contributed by atoms with van der Waals surface area (Å²) in [7, 11) is 0. The van der Waals surface area contributed by atoms with Gasteiger partial charge in [0.2, 0.25) is 17.8 Å². The highest BCUT2D eigenvalue weighted by molar-refractivity contribution is 6.41. The minimum Gasteiger partial charge on any atom is -0.393 e. The summed E-state index contributed by atoms with van der Waals surface area (Å²) in [5, 5.41) is 17.7. The number of primary amides is 1. The van der Waals surface area contributed by atoms with Gasteiger partial charge in [-0.25, -0.2) is 9.97 Å². The van der Waals surface area contributed by atoms with Gasteiger partial charge in [-0.05, 0) is 57.1 Å². The first-order valence-electron chi connectivity index (χ1n) is 12.0. The van der Waals surface area contributed by atoms with E-state index in [0.29, 0.717) is 63.1 Å². The predicted octanol–water partition coefficient (Wildman–Crippen LogP) is 5.46. The zero-order valence-electron chi connectivity index (χ0n) is 19.8. The lowest BCUT2D eigenvalue weighted by molar-refractivity contribution is -0.128. The molecule has 2 heterocycles. The Morgan fingerprint density at radius 2 is 1.83 bits per heavy atom. The smallest absolute Gasteiger partial charge is 0.224 e. The van der Waals surface area contributed by atoms with Crippen molar-refractivity contribution < 1.29 is 9.90 Å². The van der Waals surface area contributed by atoms with E-state index in [-0.39, 0.29) is 24.1 Å². The number of benzene rings is 1. The van der Waals surface area contributed by atoms with E-state index < -0.39 is 5.41 Å². The zero-order valence-corrected chi connectivity index (χ0v) is 22.0. The summed E-state index contributed by atoms with van der Waals surface area (Å²) in [6.07, 6.45) is 6.42. The molecule has 0 saturated heterocycles. The number of hydrogen-bond acceptors (Lipinski definition) is 7. The van der Waals surface area contributed by atoms with Crippen molar-refractivity contribution in [1.82, 2.24) is 19.5 Å². The number of aromatic nitrogens is 4. The second-order valence-electron chi connectivity index (χ2n) is 10.0. The highest BCUT2D eigenvalue weighted by Crippen LogP contribution is 2.44. The number of hydrogen-bond donors (Lipinski definition) is 4. The molecule has 2 fully saturated rings. The first kappa shape index (κ1) is 25.3. The average Bonchev–Trinajstić information content (AvgIpc) is 3.39. The quantitative estimate of drug-likeness (QED) is 0.319. The predicted molar refractivity (Wildman–Crippen MR) is 142 cm³/mol. The number of carbonyl (C=O) groups excluding carboxylic acids is 1. The SMILES string of the molecule is C[C@]1(C(N)=O)CC[C@H](n2c(Nc3c(Cl)cc(Cl)cc3Cl)nc3cnc(N[C@H]4CC[C@H](O)C4)nc32)CC1. The van der Waals surface area contributed by atoms with Gasteiger partial charge >= 0.3 is 0 Å². The first-order valence-corrected chi connectivity index (χ1v) is 13.2. The van der Waals surface area contributed by atoms with Crippen LogP contribution in [0.4, 0.5) is 17.6 Å². The molecule has 192 valence electrons. The molecule has 5 rings (SSSR count). The molecule has 1 aromatic carbocycles. The lowest BCUT2D eigenvalue weighted by atomic mass is 9.73. The second kappa shape index (κ2) is 9.85. The van der Waals surface area contributed by atoms with Gasteiger partial charge in [-0.1, -0.05) is 41.7 Å². The van der Waals surface area contributed by atoms with Crippen LogP contribution in [0.2, 0.25) is 15.1 Å². The maximum absolute atomic E-state index is 12.0. The van der Waals surface area contributed by atoms with E-state index in [1.807, 2.05) is 11.5 Å². The van der Waals surface area contributed by atoms with Gasteiger partial charge in [0, 0.05) is 22.5 Å². The lowest BCUT2D eigenvalue weighted by Gasteiger charge is -2.35. The maximum Gasteiger partial charge on any atom is 0.224 e. The van der Waals surface area contributed by atoms with Crippen molar-refractivity contribution >= 4 is 69.5 Å². The van der Waals surface area contributed by atoms with Crippen LogP contribution in [0.1, 0.15) is 57.9 Å². The molecule has 5 N–H and O–H groups in total. The number of aliphatic hydroxyl groups is 1. The summed E-state index contributed by atoms with van der Waals surface area (Å²) in [5.74, 6) is 0.725. The Morgan fingerprint density at radius 3 is 2.44 bits per heavy atom. The average molecular weight is 553 g/mol. The van der Waals surface area contributed by atoms with Crippen molar-refractivity contribution in [2.24, 2.45) is 11.1 Å². The van der Waals surface area contributed by atoms with Crippen molar-refractivity contribution in [3.8, 4) is 0 Å². The largest absolute Gasteiger partial charge is 0.393 e. The van der Waals surface area contributed by atoms with E-state index in [2.05, 4.69) is 15.6 Å². The van der Waals surface area contributed by atoms with E-state index in [0.717, 1.165) is 25.7 Å². The van der Waals surface area contributed by atoms with Crippen LogP contribution in [0.5, 0.6) is 0 Å². The second-order valence-corrected chi connectivity index (χ2v) is 11.3. The molecule has 0 radical (unpaired) electrons. The molecule has 9 nitrogen and oxygen atoms in total. The van der Waals surface area contributed by atoms with Gasteiger partial charge in [0.15, 0.2) is 5.65 Å². The van der Waals surface area contributed by atoms with E-state index in [1.165, 1.54) is 0 Å². The van der Waals surface area contributed by atoms with Gasteiger partial charge in [0.05, 0.1) is 28.0 Å². The third kappa shape index (κ3) is 4.94. The fourth-order valence-electron chi connectivity index (χ4n) is 5.18. The normalized spacial score (nSPS) is 26.3. The standard InChI is InChI=1S/C24H28Cl3N7O2/c1-24(21(28)36)6-4-14(5-7-24)34-20-18(11-29-22(33-20)30-13-2-3-15(35)10-13)31-23(34)32-19-16(26)8-12(25)9-17(19)27/h8-9,11,13-15,35H,2-7,10H2,1H3,(H2,28,36)(H,31,32)(H,29,30,33)/t13-,14-,15-,24-/m0/s1. The summed E-state index contributed by atoms with van der Waals surface area (Å²) in [6, 6.07) is 3.36. The van der Waals surface area contributed by atoms with Gasteiger partial charge in [-0.2, -0.15) is 4.98 Å². The fourth-order valence-corrected chi connectivity index (χ4v) is 6.10. The monoisotopic (exact) mass is 551 g/mol. The van der Waals surface area contributed by atoms with Crippen LogP contribution < -0.4 is 16.4 Å². The fraction of sp³-hybridized carbons (Fsp3) is 0.500. The van der Waals surface area contributed by atoms with Crippen LogP contribution in [0.3, 0.4) is 0 Å². The van der Waals surface area contributed by atoms with Crippen molar-refractivity contribution in [2.45, 2.75) is 70.1 Å². The number of nitrogens with two attached hydrogens (primary N) is 1. The Bertz CT molecular complexity index is 1280. The Hall–Kier alpha value is -2.33. The lowest BCUT2D eigenvalue weighted by Crippen LogP contribution is -2.38. The van der Waals surface area contributed by atoms with E-state index in [4.69, 9.17) is 50.5 Å². The number of nitrogens with zero attached hydrogens (tertiary/aromatic N) is 4. The minimum atomic E-state index is -0.533. The summed E-state index contributed by atoms with van der Waals surface area (Å²) in [4.78, 5) is 26.1. The molecule has 2 aliphatic rings. The Balaban J connectivity index is 1.53. The van der Waals surface area contributed by atoms with Crippen LogP contribution in [-0.4, -0.2) is 42.7 Å². The van der Waals surface area contributed by atoms with Crippen LogP contribution in [0, 0.1) is 5.41 Å². The van der Waals surface area contributed by atoms with Crippen molar-refractivity contribution in [3.63, 3.8) is 0 Å². The van der Waals surface area contributed by atoms with E-state index in [1.54, 1.807) is 18.3 Å². The molecular weight excluding hydrogens is 525 g/mol. The molecule has 12 heteroatoms. The molecule has 0 bridgehead atoms. The van der Waals surface area contributed by atoms with Gasteiger partial charge in [-0.3, -0.25) is 9.36 Å². The molecule has 2 saturated carbocycles. The first-order chi connectivity index (χ1) is 17.1. The summed E-state index contributed by atoms with van der Waals surface area (Å²) in [6.45, 7) is 1.92. The number of imidazole rings is 1. The Morgan fingerprint density at radius 1 is 1.14 bits per heavy atom. The topological polar surface area (TPSA) is 131 Å². The maximum atomic E-state index is 12.0. The summed E-state index contributed by atoms with van der Waals surface area (Å²) >= 11 is 19.0. The summed E-state index contributed by atoms with van der Waals surface area (Å²) < 4.78 is 2.04. The van der Waals surface area contributed by atoms with Gasteiger partial charge < -0.3 is 21.5 Å². The molecule has 1 amide bonds. The molecule has 2 aromatic heterocycles. The molecule has 0 aliphatic heterocycles. The summed E-state index contributed by atoms with van der Waals surface area (Å²) in [5.41, 5.74) is 6.90. The van der Waals surface area contributed by atoms with E-state index >= 15 is 0 Å². The van der Waals surface area contributed by atoms with Gasteiger partial charge in [-0.15, -0.1) is 0 Å². The number of nitrogens with one attached hydrogen (secondary N) is 2. The highest BCUT2D eigenvalue weighted by atomic mass is 35.5. The third-order valence-electron chi connectivity index (χ3n) is 7.43. The van der Waals surface area contributed by atoms with Gasteiger partial charge in [0.25, 0.3) is 0 Å². The number of carbonyl (C=O) groups is 1. The highest BCUT2D eigenvalue weighted by Gasteiger charge is 2.38. The van der Waals surface area contributed by atoms with Crippen LogP contribution in [0.25, 0.3) is 11.2 Å². The van der Waals surface area contributed by atoms with Crippen molar-refractivity contribution in [2.75, 3.05) is 10.6 Å². The molecule has 0 spiro atoms. The van der Waals surface area contributed by atoms with Crippen LogP contribution >= 0.6 is 34.8 Å². The Labute approximate surface area is 223 Å². The number of anilines is 3. The molecule has 3 aromatic rings. The molecular formula is C24H28Cl3N7O2. The van der Waals surface area contributed by atoms with Gasteiger partial charge in [0.1, 0.15) is 5.52 Å².